The lowest BCUT2D eigenvalue weighted by atomic mass is 10.1. The average molecular weight is 194 g/mol. The first-order chi connectivity index (χ1) is 6.72. The molecule has 0 aliphatic rings. The molecule has 0 aliphatic heterocycles. The van der Waals surface area contributed by atoms with Crippen molar-refractivity contribution in [3.8, 4) is 5.75 Å². The minimum atomic E-state index is 0.123. The number of ketones is 1. The van der Waals surface area contributed by atoms with Crippen LogP contribution in [-0.2, 0) is 16.0 Å². The maximum Gasteiger partial charge on any atom is 0.139 e. The zero-order valence-corrected chi connectivity index (χ0v) is 8.19. The number of benzene rings is 1. The Morgan fingerprint density at radius 2 is 2.29 bits per heavy atom. The summed E-state index contributed by atoms with van der Waals surface area (Å²) in [4.78, 5) is 11.3. The summed E-state index contributed by atoms with van der Waals surface area (Å²) in [6, 6.07) is 6.74. The van der Waals surface area contributed by atoms with Crippen molar-refractivity contribution in [2.75, 3.05) is 13.7 Å². The Bertz CT molecular complexity index is 307. The van der Waals surface area contributed by atoms with E-state index in [4.69, 9.17) is 9.84 Å². The molecule has 0 aromatic heterocycles. The van der Waals surface area contributed by atoms with E-state index in [9.17, 15) is 4.79 Å². The van der Waals surface area contributed by atoms with Crippen molar-refractivity contribution in [2.45, 2.75) is 12.8 Å². The Morgan fingerprint density at radius 3 is 2.93 bits per heavy atom. The number of aromatic hydroxyl groups is 1. The van der Waals surface area contributed by atoms with E-state index in [1.165, 1.54) is 0 Å². The van der Waals surface area contributed by atoms with Gasteiger partial charge >= 0.3 is 0 Å². The molecule has 0 radical (unpaired) electrons. The second-order valence-electron chi connectivity index (χ2n) is 3.13. The van der Waals surface area contributed by atoms with Crippen molar-refractivity contribution >= 4 is 5.78 Å². The van der Waals surface area contributed by atoms with E-state index in [2.05, 4.69) is 0 Å². The van der Waals surface area contributed by atoms with E-state index in [1.54, 1.807) is 25.3 Å². The summed E-state index contributed by atoms with van der Waals surface area (Å²) < 4.78 is 4.80. The molecule has 0 atom stereocenters. The second kappa shape index (κ2) is 5.40. The zero-order valence-electron chi connectivity index (χ0n) is 8.19. The van der Waals surface area contributed by atoms with Gasteiger partial charge < -0.3 is 9.84 Å². The van der Waals surface area contributed by atoms with Crippen molar-refractivity contribution in [2.24, 2.45) is 0 Å². The van der Waals surface area contributed by atoms with Crippen molar-refractivity contribution in [3.05, 3.63) is 29.8 Å². The Kier molecular flexibility index (Phi) is 4.13. The first kappa shape index (κ1) is 10.7. The molecule has 0 aliphatic carbocycles. The molecule has 0 spiro atoms. The average Bonchev–Trinajstić information content (AvgIpc) is 2.15. The van der Waals surface area contributed by atoms with Gasteiger partial charge in [-0.1, -0.05) is 12.1 Å². The highest BCUT2D eigenvalue weighted by Gasteiger charge is 2.03. The van der Waals surface area contributed by atoms with Gasteiger partial charge in [-0.25, -0.2) is 0 Å². The molecule has 0 saturated carbocycles. The summed E-state index contributed by atoms with van der Waals surface area (Å²) in [5.41, 5.74) is 0.839. The van der Waals surface area contributed by atoms with Gasteiger partial charge in [0.2, 0.25) is 0 Å². The van der Waals surface area contributed by atoms with Gasteiger partial charge in [0.1, 0.15) is 11.5 Å². The van der Waals surface area contributed by atoms with Crippen LogP contribution in [0.15, 0.2) is 24.3 Å². The molecule has 0 fully saturated rings. The molecule has 0 unspecified atom stereocenters. The fourth-order valence-corrected chi connectivity index (χ4v) is 1.20. The molecule has 1 aromatic carbocycles. The highest BCUT2D eigenvalue weighted by molar-refractivity contribution is 5.81. The number of hydrogen-bond donors (Lipinski definition) is 1. The van der Waals surface area contributed by atoms with Crippen LogP contribution in [0.4, 0.5) is 0 Å². The topological polar surface area (TPSA) is 46.5 Å². The summed E-state index contributed by atoms with van der Waals surface area (Å²) in [7, 11) is 1.57. The molecule has 0 bridgehead atoms. The van der Waals surface area contributed by atoms with Gasteiger partial charge in [0, 0.05) is 20.0 Å². The van der Waals surface area contributed by atoms with Gasteiger partial charge in [0.25, 0.3) is 0 Å². The van der Waals surface area contributed by atoms with E-state index >= 15 is 0 Å². The zero-order chi connectivity index (χ0) is 10.4. The third-order valence-corrected chi connectivity index (χ3v) is 1.90. The predicted octanol–water partition coefficient (Wildman–Crippen LogP) is 1.54. The van der Waals surface area contributed by atoms with Crippen molar-refractivity contribution < 1.29 is 14.6 Å². The molecular weight excluding hydrogens is 180 g/mol. The number of carbonyl (C=O) groups excluding carboxylic acids is 1. The van der Waals surface area contributed by atoms with Crippen LogP contribution in [0.3, 0.4) is 0 Å². The van der Waals surface area contributed by atoms with Crippen molar-refractivity contribution in [3.63, 3.8) is 0 Å². The van der Waals surface area contributed by atoms with Gasteiger partial charge in [0.05, 0.1) is 6.61 Å². The Labute approximate surface area is 83.3 Å². The van der Waals surface area contributed by atoms with Crippen LogP contribution in [0.1, 0.15) is 12.0 Å². The van der Waals surface area contributed by atoms with Crippen LogP contribution in [0.25, 0.3) is 0 Å². The minimum Gasteiger partial charge on any atom is -0.508 e. The standard InChI is InChI=1S/C11H14O3/c1-14-6-5-11(13)8-9-3-2-4-10(12)7-9/h2-4,7,12H,5-6,8H2,1H3. The van der Waals surface area contributed by atoms with Gasteiger partial charge in [-0.15, -0.1) is 0 Å². The van der Waals surface area contributed by atoms with Gasteiger partial charge in [-0.2, -0.15) is 0 Å². The lowest BCUT2D eigenvalue weighted by molar-refractivity contribution is -0.119. The molecular formula is C11H14O3. The number of hydrogen-bond acceptors (Lipinski definition) is 3. The largest absolute Gasteiger partial charge is 0.508 e. The maximum absolute atomic E-state index is 11.3. The smallest absolute Gasteiger partial charge is 0.139 e. The predicted molar refractivity (Wildman–Crippen MR) is 53.3 cm³/mol. The quantitative estimate of drug-likeness (QED) is 0.773. The minimum absolute atomic E-state index is 0.123. The molecule has 14 heavy (non-hydrogen) atoms. The second-order valence-corrected chi connectivity index (χ2v) is 3.13. The van der Waals surface area contributed by atoms with Gasteiger partial charge in [-0.05, 0) is 17.7 Å². The van der Waals surface area contributed by atoms with Crippen molar-refractivity contribution in [1.82, 2.24) is 0 Å². The molecule has 3 nitrogen and oxygen atoms in total. The molecule has 0 heterocycles. The number of phenolic OH excluding ortho intramolecular Hbond substituents is 1. The highest BCUT2D eigenvalue weighted by Crippen LogP contribution is 2.11. The maximum atomic E-state index is 11.3. The van der Waals surface area contributed by atoms with Gasteiger partial charge in [-0.3, -0.25) is 4.79 Å². The van der Waals surface area contributed by atoms with Crippen LogP contribution < -0.4 is 0 Å². The molecule has 1 N–H and O–H groups in total. The summed E-state index contributed by atoms with van der Waals surface area (Å²) in [5, 5.41) is 9.17. The molecule has 0 amide bonds. The number of methoxy groups -OCH3 is 1. The third-order valence-electron chi connectivity index (χ3n) is 1.90. The summed E-state index contributed by atoms with van der Waals surface area (Å²) in [6.45, 7) is 0.456. The molecule has 0 saturated heterocycles. The lowest BCUT2D eigenvalue weighted by Gasteiger charge is -2.01. The normalized spacial score (nSPS) is 10.1. The molecule has 1 rings (SSSR count). The number of Topliss-reactive ketones (excluding diaryl/α,β-unsaturated/α-hetero) is 1. The fraction of sp³-hybridized carbons (Fsp3) is 0.364. The molecule has 3 heteroatoms. The first-order valence-electron chi connectivity index (χ1n) is 4.51. The Morgan fingerprint density at radius 1 is 1.50 bits per heavy atom. The van der Waals surface area contributed by atoms with Crippen LogP contribution in [0.5, 0.6) is 5.75 Å². The van der Waals surface area contributed by atoms with Crippen LogP contribution in [0.2, 0.25) is 0 Å². The van der Waals surface area contributed by atoms with Crippen molar-refractivity contribution in [1.29, 1.82) is 0 Å². The lowest BCUT2D eigenvalue weighted by Crippen LogP contribution is -2.05. The van der Waals surface area contributed by atoms with E-state index in [-0.39, 0.29) is 11.5 Å². The summed E-state index contributed by atoms with van der Waals surface area (Å²) >= 11 is 0. The highest BCUT2D eigenvalue weighted by atomic mass is 16.5. The van der Waals surface area contributed by atoms with E-state index < -0.39 is 0 Å². The number of carbonyl (C=O) groups is 1. The summed E-state index contributed by atoms with van der Waals surface area (Å²) in [5.74, 6) is 0.319. The Balaban J connectivity index is 2.47. The van der Waals surface area contributed by atoms with Crippen LogP contribution >= 0.6 is 0 Å². The third kappa shape index (κ3) is 3.58. The number of rotatable bonds is 5. The SMILES string of the molecule is COCCC(=O)Cc1cccc(O)c1. The first-order valence-corrected chi connectivity index (χ1v) is 4.51. The number of phenols is 1. The molecule has 76 valence electrons. The van der Waals surface area contributed by atoms with E-state index in [0.717, 1.165) is 5.56 Å². The monoisotopic (exact) mass is 194 g/mol. The summed E-state index contributed by atoms with van der Waals surface area (Å²) in [6.07, 6.45) is 0.782. The van der Waals surface area contributed by atoms with E-state index in [1.807, 2.05) is 6.07 Å². The van der Waals surface area contributed by atoms with Crippen LogP contribution in [0, 0.1) is 0 Å². The van der Waals surface area contributed by atoms with Gasteiger partial charge in [0.15, 0.2) is 0 Å². The number of ether oxygens (including phenoxy) is 1. The molecule has 1 aromatic rings. The fourth-order valence-electron chi connectivity index (χ4n) is 1.20. The van der Waals surface area contributed by atoms with Crippen LogP contribution in [-0.4, -0.2) is 24.6 Å². The van der Waals surface area contributed by atoms with E-state index in [0.29, 0.717) is 19.4 Å². The Hall–Kier alpha value is -1.35.